The monoisotopic (exact) mass is 196 g/mol. The number of nitrogens with zero attached hydrogens (tertiary/aromatic N) is 1. The second kappa shape index (κ2) is 3.28. The van der Waals surface area contributed by atoms with Gasteiger partial charge in [0.2, 0.25) is 0 Å². The van der Waals surface area contributed by atoms with Crippen molar-refractivity contribution < 1.29 is 0 Å². The second-order valence-corrected chi connectivity index (χ2v) is 3.98. The smallest absolute Gasteiger partial charge is 0.129 e. The maximum Gasteiger partial charge on any atom is 0.129 e. The van der Waals surface area contributed by atoms with Gasteiger partial charge in [-0.1, -0.05) is 11.6 Å². The van der Waals surface area contributed by atoms with E-state index in [1.807, 2.05) is 6.07 Å². The molecular formula is C10H13ClN2. The third-order valence-electron chi connectivity index (χ3n) is 2.57. The molecule has 70 valence electrons. The van der Waals surface area contributed by atoms with Gasteiger partial charge in [0, 0.05) is 18.2 Å². The molecule has 0 aromatic carbocycles. The van der Waals surface area contributed by atoms with Crippen LogP contribution < -0.4 is 5.73 Å². The van der Waals surface area contributed by atoms with Crippen LogP contribution in [-0.2, 0) is 6.54 Å². The number of aromatic nitrogens is 1. The Morgan fingerprint density at radius 1 is 1.62 bits per heavy atom. The van der Waals surface area contributed by atoms with Gasteiger partial charge < -0.3 is 5.73 Å². The minimum atomic E-state index is 0.549. The van der Waals surface area contributed by atoms with E-state index in [4.69, 9.17) is 17.3 Å². The molecule has 0 unspecified atom stereocenters. The molecule has 0 amide bonds. The largest absolute Gasteiger partial charge is 0.326 e. The maximum atomic E-state index is 5.91. The Labute approximate surface area is 83.1 Å². The van der Waals surface area contributed by atoms with Crippen molar-refractivity contribution in [1.82, 2.24) is 4.98 Å². The number of hydrogen-bond acceptors (Lipinski definition) is 2. The fourth-order valence-corrected chi connectivity index (χ4v) is 1.84. The Balaban J connectivity index is 2.47. The standard InChI is InChI=1S/C10H13ClN2/c1-6-8(5-12)4-9(11)13-10(6)7-2-3-7/h4,7H,2-3,5,12H2,1H3. The van der Waals surface area contributed by atoms with E-state index in [1.54, 1.807) is 0 Å². The van der Waals surface area contributed by atoms with Crippen LogP contribution in [0.15, 0.2) is 6.07 Å². The molecule has 1 heterocycles. The van der Waals surface area contributed by atoms with Crippen LogP contribution in [0.1, 0.15) is 35.6 Å². The summed E-state index contributed by atoms with van der Waals surface area (Å²) >= 11 is 5.91. The van der Waals surface area contributed by atoms with Crippen LogP contribution in [0.5, 0.6) is 0 Å². The van der Waals surface area contributed by atoms with E-state index in [0.717, 1.165) is 11.3 Å². The Morgan fingerprint density at radius 3 is 2.85 bits per heavy atom. The van der Waals surface area contributed by atoms with Crippen molar-refractivity contribution in [3.8, 4) is 0 Å². The molecular weight excluding hydrogens is 184 g/mol. The van der Waals surface area contributed by atoms with E-state index in [1.165, 1.54) is 18.4 Å². The average Bonchev–Trinajstić information content (AvgIpc) is 2.91. The van der Waals surface area contributed by atoms with E-state index >= 15 is 0 Å². The molecule has 0 saturated heterocycles. The summed E-state index contributed by atoms with van der Waals surface area (Å²) in [6, 6.07) is 1.86. The third kappa shape index (κ3) is 1.69. The predicted molar refractivity (Wildman–Crippen MR) is 53.9 cm³/mol. The third-order valence-corrected chi connectivity index (χ3v) is 2.76. The lowest BCUT2D eigenvalue weighted by atomic mass is 10.1. The van der Waals surface area contributed by atoms with E-state index in [-0.39, 0.29) is 0 Å². The molecule has 3 heteroatoms. The van der Waals surface area contributed by atoms with E-state index in [2.05, 4.69) is 11.9 Å². The quantitative estimate of drug-likeness (QED) is 0.738. The number of rotatable bonds is 2. The van der Waals surface area contributed by atoms with Crippen LogP contribution in [0.2, 0.25) is 5.15 Å². The van der Waals surface area contributed by atoms with Crippen molar-refractivity contribution in [2.24, 2.45) is 5.73 Å². The second-order valence-electron chi connectivity index (χ2n) is 3.59. The van der Waals surface area contributed by atoms with Crippen molar-refractivity contribution in [2.75, 3.05) is 0 Å². The van der Waals surface area contributed by atoms with Crippen molar-refractivity contribution in [2.45, 2.75) is 32.2 Å². The molecule has 1 fully saturated rings. The van der Waals surface area contributed by atoms with Gasteiger partial charge in [-0.05, 0) is 37.0 Å². The summed E-state index contributed by atoms with van der Waals surface area (Å²) < 4.78 is 0. The topological polar surface area (TPSA) is 38.9 Å². The fourth-order valence-electron chi connectivity index (χ4n) is 1.61. The maximum absolute atomic E-state index is 5.91. The molecule has 1 aliphatic rings. The first-order valence-electron chi connectivity index (χ1n) is 4.58. The minimum absolute atomic E-state index is 0.549. The van der Waals surface area contributed by atoms with Crippen LogP contribution >= 0.6 is 11.6 Å². The lowest BCUT2D eigenvalue weighted by Crippen LogP contribution is -2.03. The van der Waals surface area contributed by atoms with Crippen LogP contribution in [0.3, 0.4) is 0 Å². The zero-order valence-corrected chi connectivity index (χ0v) is 8.43. The van der Waals surface area contributed by atoms with Crippen molar-refractivity contribution in [3.05, 3.63) is 28.0 Å². The summed E-state index contributed by atoms with van der Waals surface area (Å²) in [6.07, 6.45) is 2.50. The normalized spacial score (nSPS) is 16.2. The van der Waals surface area contributed by atoms with Gasteiger partial charge in [0.15, 0.2) is 0 Å². The highest BCUT2D eigenvalue weighted by Gasteiger charge is 2.27. The molecule has 1 aliphatic carbocycles. The summed E-state index contributed by atoms with van der Waals surface area (Å²) in [5.74, 6) is 0.643. The summed E-state index contributed by atoms with van der Waals surface area (Å²) in [4.78, 5) is 4.35. The fraction of sp³-hybridized carbons (Fsp3) is 0.500. The minimum Gasteiger partial charge on any atom is -0.326 e. The molecule has 0 atom stereocenters. The molecule has 2 N–H and O–H groups in total. The average molecular weight is 197 g/mol. The van der Waals surface area contributed by atoms with E-state index in [9.17, 15) is 0 Å². The van der Waals surface area contributed by atoms with Crippen LogP contribution in [0.4, 0.5) is 0 Å². The van der Waals surface area contributed by atoms with Gasteiger partial charge in [-0.3, -0.25) is 0 Å². The van der Waals surface area contributed by atoms with Gasteiger partial charge >= 0.3 is 0 Å². The highest BCUT2D eigenvalue weighted by molar-refractivity contribution is 6.29. The summed E-state index contributed by atoms with van der Waals surface area (Å²) in [6.45, 7) is 2.63. The molecule has 0 spiro atoms. The first-order chi connectivity index (χ1) is 6.22. The lowest BCUT2D eigenvalue weighted by Gasteiger charge is -2.08. The molecule has 2 nitrogen and oxygen atoms in total. The predicted octanol–water partition coefficient (Wildman–Crippen LogP) is 2.38. The Hall–Kier alpha value is -0.600. The molecule has 1 saturated carbocycles. The van der Waals surface area contributed by atoms with Crippen LogP contribution in [0.25, 0.3) is 0 Å². The van der Waals surface area contributed by atoms with Crippen LogP contribution in [-0.4, -0.2) is 4.98 Å². The molecule has 1 aromatic rings. The molecule has 0 radical (unpaired) electrons. The van der Waals surface area contributed by atoms with E-state index < -0.39 is 0 Å². The highest BCUT2D eigenvalue weighted by Crippen LogP contribution is 2.41. The zero-order valence-electron chi connectivity index (χ0n) is 7.68. The van der Waals surface area contributed by atoms with Gasteiger partial charge in [0.05, 0.1) is 0 Å². The Bertz CT molecular complexity index is 332. The Kier molecular flexibility index (Phi) is 2.26. The first-order valence-corrected chi connectivity index (χ1v) is 4.96. The molecule has 0 aliphatic heterocycles. The number of nitrogens with two attached hydrogens (primary N) is 1. The molecule has 0 bridgehead atoms. The number of halogens is 1. The lowest BCUT2D eigenvalue weighted by molar-refractivity contribution is 0.949. The van der Waals surface area contributed by atoms with Gasteiger partial charge in [0.1, 0.15) is 5.15 Å². The first kappa shape index (κ1) is 8.97. The van der Waals surface area contributed by atoms with Gasteiger partial charge in [-0.2, -0.15) is 0 Å². The van der Waals surface area contributed by atoms with Gasteiger partial charge in [0.25, 0.3) is 0 Å². The van der Waals surface area contributed by atoms with E-state index in [0.29, 0.717) is 17.6 Å². The van der Waals surface area contributed by atoms with Crippen molar-refractivity contribution in [3.63, 3.8) is 0 Å². The van der Waals surface area contributed by atoms with Crippen molar-refractivity contribution in [1.29, 1.82) is 0 Å². The zero-order chi connectivity index (χ0) is 9.42. The summed E-state index contributed by atoms with van der Waals surface area (Å²) in [7, 11) is 0. The molecule has 13 heavy (non-hydrogen) atoms. The SMILES string of the molecule is Cc1c(CN)cc(Cl)nc1C1CC1. The molecule has 2 rings (SSSR count). The number of hydrogen-bond donors (Lipinski definition) is 1. The van der Waals surface area contributed by atoms with Gasteiger partial charge in [-0.15, -0.1) is 0 Å². The van der Waals surface area contributed by atoms with Gasteiger partial charge in [-0.25, -0.2) is 4.98 Å². The van der Waals surface area contributed by atoms with Crippen molar-refractivity contribution >= 4 is 11.6 Å². The van der Waals surface area contributed by atoms with Crippen LogP contribution in [0, 0.1) is 6.92 Å². The summed E-state index contributed by atoms with van der Waals surface area (Å²) in [5.41, 5.74) is 9.14. The molecule has 1 aromatic heterocycles. The highest BCUT2D eigenvalue weighted by atomic mass is 35.5. The Morgan fingerprint density at radius 2 is 2.31 bits per heavy atom. The summed E-state index contributed by atoms with van der Waals surface area (Å²) in [5, 5.41) is 0.577. The number of pyridine rings is 1.